The van der Waals surface area contributed by atoms with Gasteiger partial charge in [0, 0.05) is 4.47 Å². The molecule has 0 bridgehead atoms. The maximum absolute atomic E-state index is 12.3. The van der Waals surface area contributed by atoms with Crippen molar-refractivity contribution in [2.45, 2.75) is 6.04 Å². The topological polar surface area (TPSA) is 71.0 Å². The number of rotatable bonds is 2. The molecule has 1 fully saturated rings. The normalized spacial score (nSPS) is 18.7. The van der Waals surface area contributed by atoms with Crippen LogP contribution in [0.1, 0.15) is 5.56 Å². The van der Waals surface area contributed by atoms with Gasteiger partial charge in [-0.1, -0.05) is 15.9 Å². The van der Waals surface area contributed by atoms with Gasteiger partial charge in [-0.15, -0.1) is 0 Å². The predicted molar refractivity (Wildman–Crippen MR) is 93.1 cm³/mol. The average Bonchev–Trinajstić information content (AvgIpc) is 2.89. The Hall–Kier alpha value is -2.67. The highest BCUT2D eigenvalue weighted by molar-refractivity contribution is 9.10. The van der Waals surface area contributed by atoms with E-state index in [2.05, 4.69) is 26.2 Å². The first-order chi connectivity index (χ1) is 11.6. The summed E-state index contributed by atoms with van der Waals surface area (Å²) in [6, 6.07) is 11.5. The third kappa shape index (κ3) is 2.20. The fraction of sp³-hybridized carbons (Fsp3) is 0.118. The van der Waals surface area contributed by atoms with Gasteiger partial charge in [-0.05, 0) is 48.0 Å². The number of hydrogen-bond acceptors (Lipinski definition) is 4. The number of benzene rings is 2. The van der Waals surface area contributed by atoms with Gasteiger partial charge in [0.15, 0.2) is 6.04 Å². The number of ether oxygens (including phenoxy) is 1. The molecule has 4 rings (SSSR count). The summed E-state index contributed by atoms with van der Waals surface area (Å²) in [6.45, 7) is 0. The zero-order chi connectivity index (χ0) is 16.8. The van der Waals surface area contributed by atoms with Crippen LogP contribution in [-0.2, 0) is 4.79 Å². The number of aliphatic imine (C=N–C) groups is 1. The molecule has 24 heavy (non-hydrogen) atoms. The summed E-state index contributed by atoms with van der Waals surface area (Å²) in [5, 5.41) is 2.37. The number of carbonyl (C=O) groups excluding carboxylic acids is 2. The van der Waals surface area contributed by atoms with Gasteiger partial charge in [0.05, 0.1) is 24.2 Å². The van der Waals surface area contributed by atoms with Crippen molar-refractivity contribution in [3.63, 3.8) is 0 Å². The Balaban J connectivity index is 1.90. The zero-order valence-corrected chi connectivity index (χ0v) is 14.2. The maximum Gasteiger partial charge on any atom is 0.329 e. The number of methoxy groups -OCH3 is 1. The molecule has 1 unspecified atom stereocenters. The van der Waals surface area contributed by atoms with Crippen LogP contribution in [0, 0.1) is 0 Å². The highest BCUT2D eigenvalue weighted by Crippen LogP contribution is 2.39. The van der Waals surface area contributed by atoms with E-state index in [1.807, 2.05) is 24.3 Å². The first kappa shape index (κ1) is 14.9. The fourth-order valence-electron chi connectivity index (χ4n) is 2.92. The number of anilines is 1. The number of nitrogens with zero attached hydrogens (tertiary/aromatic N) is 2. The fourth-order valence-corrected chi connectivity index (χ4v) is 3.27. The van der Waals surface area contributed by atoms with Crippen molar-refractivity contribution in [1.29, 1.82) is 0 Å². The molecule has 2 aliphatic heterocycles. The van der Waals surface area contributed by atoms with E-state index in [0.717, 1.165) is 10.0 Å². The molecule has 2 heterocycles. The zero-order valence-electron chi connectivity index (χ0n) is 12.6. The van der Waals surface area contributed by atoms with Gasteiger partial charge in [0.25, 0.3) is 5.91 Å². The van der Waals surface area contributed by atoms with Gasteiger partial charge >= 0.3 is 6.03 Å². The van der Waals surface area contributed by atoms with Crippen LogP contribution in [0.5, 0.6) is 5.75 Å². The predicted octanol–water partition coefficient (Wildman–Crippen LogP) is 3.02. The minimum absolute atomic E-state index is 0.375. The Bertz CT molecular complexity index is 892. The van der Waals surface area contributed by atoms with Crippen molar-refractivity contribution in [2.75, 3.05) is 12.0 Å². The van der Waals surface area contributed by atoms with Crippen molar-refractivity contribution in [3.8, 4) is 5.75 Å². The molecule has 120 valence electrons. The van der Waals surface area contributed by atoms with Gasteiger partial charge in [0.1, 0.15) is 5.75 Å². The molecule has 1 N–H and O–H groups in total. The van der Waals surface area contributed by atoms with Gasteiger partial charge in [-0.3, -0.25) is 15.0 Å². The molecule has 0 spiro atoms. The van der Waals surface area contributed by atoms with Crippen LogP contribution in [0.2, 0.25) is 0 Å². The third-order valence-electron chi connectivity index (χ3n) is 4.04. The Labute approximate surface area is 146 Å². The number of hydrogen-bond donors (Lipinski definition) is 1. The molecule has 0 radical (unpaired) electrons. The molecule has 0 saturated carbocycles. The summed E-state index contributed by atoms with van der Waals surface area (Å²) in [6.07, 6.45) is 0. The summed E-state index contributed by atoms with van der Waals surface area (Å²) < 4.78 is 5.98. The Kier molecular flexibility index (Phi) is 3.38. The van der Waals surface area contributed by atoms with E-state index < -0.39 is 12.1 Å². The highest BCUT2D eigenvalue weighted by atomic mass is 79.9. The number of nitrogens with one attached hydrogen (secondary N) is 1. The SMILES string of the molecule is COc1ccc(C2=Nc3ccc(Br)cc3N3C(=O)NC(=O)C23)cc1. The van der Waals surface area contributed by atoms with Crippen LogP contribution in [0.25, 0.3) is 0 Å². The van der Waals surface area contributed by atoms with Gasteiger partial charge in [0.2, 0.25) is 0 Å². The van der Waals surface area contributed by atoms with Crippen molar-refractivity contribution in [3.05, 3.63) is 52.5 Å². The maximum atomic E-state index is 12.3. The second kappa shape index (κ2) is 5.45. The van der Waals surface area contributed by atoms with Crippen LogP contribution < -0.4 is 15.0 Å². The minimum atomic E-state index is -0.771. The second-order valence-electron chi connectivity index (χ2n) is 5.43. The molecule has 3 amide bonds. The van der Waals surface area contributed by atoms with Crippen LogP contribution in [0.15, 0.2) is 51.9 Å². The standard InChI is InChI=1S/C17H12BrN3O3/c1-24-11-5-2-9(3-6-11)14-15-16(22)20-17(23)21(15)13-8-10(18)4-7-12(13)19-14/h2-8,15H,1H3,(H,20,22,23). The lowest BCUT2D eigenvalue weighted by molar-refractivity contribution is -0.118. The quantitative estimate of drug-likeness (QED) is 0.807. The number of urea groups is 1. The molecule has 0 aliphatic carbocycles. The largest absolute Gasteiger partial charge is 0.497 e. The Morgan fingerprint density at radius 1 is 1.17 bits per heavy atom. The van der Waals surface area contributed by atoms with E-state index in [0.29, 0.717) is 22.8 Å². The van der Waals surface area contributed by atoms with E-state index in [1.54, 1.807) is 25.3 Å². The van der Waals surface area contributed by atoms with E-state index >= 15 is 0 Å². The van der Waals surface area contributed by atoms with E-state index in [4.69, 9.17) is 4.74 Å². The van der Waals surface area contributed by atoms with Crippen LogP contribution in [0.3, 0.4) is 0 Å². The van der Waals surface area contributed by atoms with Crippen LogP contribution >= 0.6 is 15.9 Å². The smallest absolute Gasteiger partial charge is 0.329 e. The number of carbonyl (C=O) groups is 2. The van der Waals surface area contributed by atoms with Crippen LogP contribution in [-0.4, -0.2) is 30.8 Å². The van der Waals surface area contributed by atoms with Gasteiger partial charge < -0.3 is 4.74 Å². The average molecular weight is 386 g/mol. The first-order valence-electron chi connectivity index (χ1n) is 7.25. The number of imide groups is 1. The second-order valence-corrected chi connectivity index (χ2v) is 6.34. The number of fused-ring (bicyclic) bond motifs is 3. The molecular formula is C17H12BrN3O3. The summed E-state index contributed by atoms with van der Waals surface area (Å²) >= 11 is 3.39. The lowest BCUT2D eigenvalue weighted by atomic mass is 9.99. The molecule has 2 aromatic carbocycles. The molecule has 6 nitrogen and oxygen atoms in total. The molecule has 2 aliphatic rings. The van der Waals surface area contributed by atoms with Crippen molar-refractivity contribution < 1.29 is 14.3 Å². The molecular weight excluding hydrogens is 374 g/mol. The highest BCUT2D eigenvalue weighted by Gasteiger charge is 2.46. The van der Waals surface area contributed by atoms with Crippen LogP contribution in [0.4, 0.5) is 16.2 Å². The number of halogens is 1. The Morgan fingerprint density at radius 2 is 1.92 bits per heavy atom. The lowest BCUT2D eigenvalue weighted by Gasteiger charge is -2.29. The Morgan fingerprint density at radius 3 is 2.62 bits per heavy atom. The molecule has 7 heteroatoms. The van der Waals surface area contributed by atoms with Gasteiger partial charge in [-0.2, -0.15) is 0 Å². The van der Waals surface area contributed by atoms with E-state index in [9.17, 15) is 9.59 Å². The molecule has 1 atom stereocenters. The molecule has 2 aromatic rings. The summed E-state index contributed by atoms with van der Waals surface area (Å²) in [7, 11) is 1.59. The first-order valence-corrected chi connectivity index (χ1v) is 8.04. The number of amides is 3. The lowest BCUT2D eigenvalue weighted by Crippen LogP contribution is -2.43. The minimum Gasteiger partial charge on any atom is -0.497 e. The van der Waals surface area contributed by atoms with E-state index in [-0.39, 0.29) is 5.91 Å². The molecule has 0 aromatic heterocycles. The van der Waals surface area contributed by atoms with E-state index in [1.165, 1.54) is 4.90 Å². The summed E-state index contributed by atoms with van der Waals surface area (Å²) in [5.74, 6) is 0.337. The monoisotopic (exact) mass is 385 g/mol. The van der Waals surface area contributed by atoms with Crippen molar-refractivity contribution >= 4 is 45.0 Å². The van der Waals surface area contributed by atoms with Crippen molar-refractivity contribution in [2.24, 2.45) is 4.99 Å². The third-order valence-corrected chi connectivity index (χ3v) is 4.53. The summed E-state index contributed by atoms with van der Waals surface area (Å²) in [5.41, 5.74) is 2.56. The van der Waals surface area contributed by atoms with Crippen molar-refractivity contribution in [1.82, 2.24) is 5.32 Å². The molecule has 1 saturated heterocycles. The van der Waals surface area contributed by atoms with Gasteiger partial charge in [-0.25, -0.2) is 9.79 Å². The summed E-state index contributed by atoms with van der Waals surface area (Å²) in [4.78, 5) is 30.7.